The Bertz CT molecular complexity index is 1200. The highest BCUT2D eigenvalue weighted by Gasteiger charge is 2.43. The molecule has 0 bridgehead atoms. The van der Waals surface area contributed by atoms with Crippen LogP contribution in [-0.2, 0) is 26.2 Å². The number of hydrogen-bond donors (Lipinski definition) is 2. The number of aryl methyl sites for hydroxylation is 1. The highest BCUT2D eigenvalue weighted by molar-refractivity contribution is 6.30. The summed E-state index contributed by atoms with van der Waals surface area (Å²) in [5.41, 5.74) is 3.38. The van der Waals surface area contributed by atoms with Crippen LogP contribution in [0.1, 0.15) is 54.7 Å². The molecule has 1 unspecified atom stereocenters. The van der Waals surface area contributed by atoms with Gasteiger partial charge in [0, 0.05) is 29.4 Å². The topological polar surface area (TPSA) is 104 Å². The molecule has 2 aliphatic carbocycles. The van der Waals surface area contributed by atoms with Crippen LogP contribution in [-0.4, -0.2) is 48.1 Å². The zero-order chi connectivity index (χ0) is 25.4. The van der Waals surface area contributed by atoms with Gasteiger partial charge in [-0.2, -0.15) is 0 Å². The Morgan fingerprint density at radius 2 is 2.03 bits per heavy atom. The summed E-state index contributed by atoms with van der Waals surface area (Å²) in [6.07, 6.45) is 5.30. The smallest absolute Gasteiger partial charge is 0.311 e. The van der Waals surface area contributed by atoms with Gasteiger partial charge in [-0.05, 0) is 79.0 Å². The molecule has 1 spiro atoms. The lowest BCUT2D eigenvalue weighted by Crippen LogP contribution is -2.48. The number of carboxylic acids is 2. The Morgan fingerprint density at radius 3 is 2.72 bits per heavy atom. The van der Waals surface area contributed by atoms with E-state index < -0.39 is 24.3 Å². The molecule has 1 saturated carbocycles. The van der Waals surface area contributed by atoms with Gasteiger partial charge in [-0.15, -0.1) is 0 Å². The lowest BCUT2D eigenvalue weighted by Gasteiger charge is -2.43. The van der Waals surface area contributed by atoms with E-state index in [9.17, 15) is 24.6 Å². The van der Waals surface area contributed by atoms with Gasteiger partial charge in [0.1, 0.15) is 12.0 Å². The van der Waals surface area contributed by atoms with Gasteiger partial charge < -0.3 is 24.6 Å². The van der Waals surface area contributed by atoms with Gasteiger partial charge in [0.25, 0.3) is 0 Å². The Balaban J connectivity index is 1.56. The summed E-state index contributed by atoms with van der Waals surface area (Å²) in [5, 5.41) is 19.7. The molecule has 2 aromatic carbocycles. The van der Waals surface area contributed by atoms with Crippen LogP contribution in [0, 0.1) is 11.8 Å². The van der Waals surface area contributed by atoms with Crippen LogP contribution >= 0.6 is 11.6 Å². The number of benzene rings is 2. The molecule has 2 aromatic rings. The van der Waals surface area contributed by atoms with E-state index in [2.05, 4.69) is 11.0 Å². The minimum absolute atomic E-state index is 0.0213. The number of aliphatic carboxylic acids is 2. The molecule has 7 nitrogen and oxygen atoms in total. The van der Waals surface area contributed by atoms with Crippen molar-refractivity contribution in [2.75, 3.05) is 24.6 Å². The third-order valence-corrected chi connectivity index (χ3v) is 8.48. The summed E-state index contributed by atoms with van der Waals surface area (Å²) in [6.45, 7) is 1.80. The van der Waals surface area contributed by atoms with Crippen LogP contribution < -0.4 is 9.64 Å². The zero-order valence-corrected chi connectivity index (χ0v) is 20.7. The maximum absolute atomic E-state index is 11.9. The van der Waals surface area contributed by atoms with Crippen molar-refractivity contribution in [3.05, 3.63) is 58.1 Å². The number of fused-ring (bicyclic) bond motifs is 3. The lowest BCUT2D eigenvalue weighted by molar-refractivity contribution is -0.145. The predicted molar refractivity (Wildman–Crippen MR) is 135 cm³/mol. The number of nitrogens with zero attached hydrogens (tertiary/aromatic N) is 1. The summed E-state index contributed by atoms with van der Waals surface area (Å²) >= 11 is 6.31. The summed E-state index contributed by atoms with van der Waals surface area (Å²) in [6, 6.07) is 11.3. The second kappa shape index (κ2) is 9.77. The van der Waals surface area contributed by atoms with Gasteiger partial charge in [0.15, 0.2) is 0 Å². The Hall–Kier alpha value is -3.06. The van der Waals surface area contributed by atoms with Crippen LogP contribution in [0.25, 0.3) is 0 Å². The largest absolute Gasteiger partial charge is 0.490 e. The van der Waals surface area contributed by atoms with Crippen molar-refractivity contribution in [3.63, 3.8) is 0 Å². The average molecular weight is 512 g/mol. The van der Waals surface area contributed by atoms with E-state index in [1.54, 1.807) is 18.2 Å². The monoisotopic (exact) mass is 511 g/mol. The molecule has 0 amide bonds. The molecular weight excluding hydrogens is 482 g/mol. The number of carbonyl (C=O) groups excluding carboxylic acids is 1. The normalized spacial score (nSPS) is 25.5. The Morgan fingerprint density at radius 1 is 1.19 bits per heavy atom. The molecule has 36 heavy (non-hydrogen) atoms. The van der Waals surface area contributed by atoms with Crippen LogP contribution in [0.5, 0.6) is 5.75 Å². The third-order valence-electron chi connectivity index (χ3n) is 8.25. The summed E-state index contributed by atoms with van der Waals surface area (Å²) in [5.74, 6) is -2.60. The predicted octanol–water partition coefficient (Wildman–Crippen LogP) is 4.68. The van der Waals surface area contributed by atoms with Crippen molar-refractivity contribution in [2.24, 2.45) is 11.8 Å². The first-order valence-electron chi connectivity index (χ1n) is 12.5. The van der Waals surface area contributed by atoms with Crippen molar-refractivity contribution in [3.8, 4) is 5.75 Å². The first-order chi connectivity index (χ1) is 17.3. The maximum atomic E-state index is 11.9. The molecule has 3 aliphatic rings. The van der Waals surface area contributed by atoms with E-state index in [-0.39, 0.29) is 17.3 Å². The molecule has 1 aliphatic heterocycles. The van der Waals surface area contributed by atoms with Crippen molar-refractivity contribution in [2.45, 2.75) is 49.9 Å². The fourth-order valence-corrected chi connectivity index (χ4v) is 6.35. The van der Waals surface area contributed by atoms with Gasteiger partial charge in [-0.25, -0.2) is 0 Å². The second-order valence-electron chi connectivity index (χ2n) is 10.5. The van der Waals surface area contributed by atoms with E-state index in [0.717, 1.165) is 44.1 Å². The van der Waals surface area contributed by atoms with E-state index in [1.807, 2.05) is 12.1 Å². The number of hydrogen-bond acceptors (Lipinski definition) is 5. The van der Waals surface area contributed by atoms with Gasteiger partial charge in [0.2, 0.25) is 0 Å². The Kier molecular flexibility index (Phi) is 6.68. The fraction of sp³-hybridized carbons (Fsp3) is 0.464. The molecule has 190 valence electrons. The molecule has 2 N–H and O–H groups in total. The van der Waals surface area contributed by atoms with Crippen molar-refractivity contribution >= 4 is 35.5 Å². The molecule has 5 rings (SSSR count). The SMILES string of the molecule is O=C[C@@H]1CC[C@H]1CN1C[C@@]2(CCCc3cc(Cl)ccc32)COc2ccc(C(CC(=O)O)C(=O)O)cc21. The van der Waals surface area contributed by atoms with Crippen LogP contribution in [0.3, 0.4) is 0 Å². The molecule has 1 fully saturated rings. The van der Waals surface area contributed by atoms with E-state index in [4.69, 9.17) is 16.3 Å². The highest BCUT2D eigenvalue weighted by atomic mass is 35.5. The zero-order valence-electron chi connectivity index (χ0n) is 20.0. The first kappa shape index (κ1) is 24.6. The summed E-state index contributed by atoms with van der Waals surface area (Å²) in [4.78, 5) is 37.1. The van der Waals surface area contributed by atoms with Gasteiger partial charge in [-0.3, -0.25) is 9.59 Å². The fourth-order valence-electron chi connectivity index (χ4n) is 6.15. The van der Waals surface area contributed by atoms with E-state index in [1.165, 1.54) is 11.1 Å². The minimum Gasteiger partial charge on any atom is -0.490 e. The Labute approximate surface area is 215 Å². The summed E-state index contributed by atoms with van der Waals surface area (Å²) in [7, 11) is 0. The number of aldehydes is 1. The van der Waals surface area contributed by atoms with Gasteiger partial charge >= 0.3 is 11.9 Å². The lowest BCUT2D eigenvalue weighted by atomic mass is 9.69. The highest BCUT2D eigenvalue weighted by Crippen LogP contribution is 2.46. The first-order valence-corrected chi connectivity index (χ1v) is 12.9. The molecule has 0 radical (unpaired) electrons. The van der Waals surface area contributed by atoms with Crippen LogP contribution in [0.2, 0.25) is 5.02 Å². The number of anilines is 1. The number of carbonyl (C=O) groups is 3. The summed E-state index contributed by atoms with van der Waals surface area (Å²) < 4.78 is 6.41. The number of halogens is 1. The second-order valence-corrected chi connectivity index (χ2v) is 10.9. The average Bonchev–Trinajstić information content (AvgIpc) is 2.97. The quantitative estimate of drug-likeness (QED) is 0.520. The molecule has 0 saturated heterocycles. The van der Waals surface area contributed by atoms with Gasteiger partial charge in [0.05, 0.1) is 24.6 Å². The number of carboxylic acid groups (broad SMARTS) is 2. The maximum Gasteiger partial charge on any atom is 0.311 e. The molecule has 4 atom stereocenters. The van der Waals surface area contributed by atoms with E-state index in [0.29, 0.717) is 36.0 Å². The van der Waals surface area contributed by atoms with Crippen LogP contribution in [0.15, 0.2) is 36.4 Å². The minimum atomic E-state index is -1.17. The number of ether oxygens (including phenoxy) is 1. The van der Waals surface area contributed by atoms with Crippen molar-refractivity contribution < 1.29 is 29.3 Å². The number of rotatable bonds is 7. The molecule has 1 heterocycles. The third kappa shape index (κ3) is 4.57. The molecular formula is C28H30ClNO6. The van der Waals surface area contributed by atoms with Crippen LogP contribution in [0.4, 0.5) is 5.69 Å². The van der Waals surface area contributed by atoms with Crippen molar-refractivity contribution in [1.29, 1.82) is 0 Å². The molecule has 0 aromatic heterocycles. The van der Waals surface area contributed by atoms with Gasteiger partial charge in [-0.1, -0.05) is 23.7 Å². The van der Waals surface area contributed by atoms with Crippen molar-refractivity contribution in [1.82, 2.24) is 0 Å². The molecule has 8 heteroatoms. The standard InChI is InChI=1S/C28H30ClNO6/c29-21-6-7-23-18(10-21)2-1-9-28(23)15-30(13-19-3-4-20(19)14-31)24-11-17(5-8-25(24)36-16-28)22(27(34)35)12-26(32)33/h5-8,10-11,14,19-20,22H,1-4,9,12-13,15-16H2,(H,32,33)(H,34,35)/t19-,20-,22?,28-/m0/s1. The van der Waals surface area contributed by atoms with E-state index >= 15 is 0 Å².